The summed E-state index contributed by atoms with van der Waals surface area (Å²) in [6.45, 7) is 4.91. The van der Waals surface area contributed by atoms with E-state index in [0.29, 0.717) is 0 Å². The molecule has 0 saturated heterocycles. The number of carbonyl (C=O) groups is 1. The molecule has 0 N–H and O–H groups in total. The average molecular weight is 313 g/mol. The number of pyridine rings is 1. The first-order chi connectivity index (χ1) is 11.2. The van der Waals surface area contributed by atoms with Crippen molar-refractivity contribution >= 4 is 5.97 Å². The summed E-state index contributed by atoms with van der Waals surface area (Å²) >= 11 is 0. The van der Waals surface area contributed by atoms with Crippen LogP contribution in [0.1, 0.15) is 43.5 Å². The van der Waals surface area contributed by atoms with Gasteiger partial charge in [-0.25, -0.2) is 4.79 Å². The summed E-state index contributed by atoms with van der Waals surface area (Å²) in [4.78, 5) is 24.3. The number of rotatable bonds is 7. The van der Waals surface area contributed by atoms with Gasteiger partial charge in [0, 0.05) is 18.8 Å². The molecule has 0 unspecified atom stereocenters. The molecule has 0 bridgehead atoms. The zero-order valence-corrected chi connectivity index (χ0v) is 13.7. The number of hydrogen-bond acceptors (Lipinski definition) is 3. The Hall–Kier alpha value is -2.36. The van der Waals surface area contributed by atoms with Gasteiger partial charge in [-0.1, -0.05) is 50.1 Å². The topological polar surface area (TPSA) is 48.3 Å². The molecule has 2 aromatic rings. The predicted molar refractivity (Wildman–Crippen MR) is 91.6 cm³/mol. The van der Waals surface area contributed by atoms with Crippen LogP contribution in [0, 0.1) is 0 Å². The highest BCUT2D eigenvalue weighted by atomic mass is 16.5. The van der Waals surface area contributed by atoms with Crippen LogP contribution in [0.2, 0.25) is 0 Å². The van der Waals surface area contributed by atoms with E-state index in [1.165, 1.54) is 6.07 Å². The van der Waals surface area contributed by atoms with Gasteiger partial charge in [-0.05, 0) is 18.9 Å². The number of carbonyl (C=O) groups excluding carboxylic acids is 1. The van der Waals surface area contributed by atoms with E-state index in [4.69, 9.17) is 4.74 Å². The van der Waals surface area contributed by atoms with Crippen LogP contribution in [-0.4, -0.2) is 17.1 Å². The molecular formula is C19H23NO3. The third-order valence-corrected chi connectivity index (χ3v) is 3.70. The maximum absolute atomic E-state index is 12.3. The first-order valence-electron chi connectivity index (χ1n) is 8.14. The molecule has 0 saturated carbocycles. The van der Waals surface area contributed by atoms with Crippen molar-refractivity contribution in [2.45, 2.75) is 39.7 Å². The van der Waals surface area contributed by atoms with Crippen molar-refractivity contribution in [1.82, 2.24) is 4.57 Å². The Kier molecular flexibility index (Phi) is 6.15. The lowest BCUT2D eigenvalue weighted by molar-refractivity contribution is 0.0524. The first kappa shape index (κ1) is 17.0. The third-order valence-electron chi connectivity index (χ3n) is 3.70. The van der Waals surface area contributed by atoms with Crippen molar-refractivity contribution in [3.05, 3.63) is 58.4 Å². The summed E-state index contributed by atoms with van der Waals surface area (Å²) in [6, 6.07) is 11.3. The number of nitrogens with zero attached hydrogens (tertiary/aromatic N) is 1. The van der Waals surface area contributed by atoms with Crippen LogP contribution in [0.25, 0.3) is 11.3 Å². The molecule has 23 heavy (non-hydrogen) atoms. The van der Waals surface area contributed by atoms with E-state index < -0.39 is 5.97 Å². The molecule has 1 aromatic heterocycles. The molecule has 0 aliphatic heterocycles. The minimum absolute atomic E-state index is 0.100. The quantitative estimate of drug-likeness (QED) is 0.575. The van der Waals surface area contributed by atoms with E-state index in [9.17, 15) is 9.59 Å². The van der Waals surface area contributed by atoms with Crippen LogP contribution in [0.4, 0.5) is 0 Å². The molecule has 0 aliphatic carbocycles. The smallest absolute Gasteiger partial charge is 0.343 e. The fourth-order valence-corrected chi connectivity index (χ4v) is 2.51. The summed E-state index contributed by atoms with van der Waals surface area (Å²) in [6.07, 6.45) is 4.86. The summed E-state index contributed by atoms with van der Waals surface area (Å²) in [5, 5.41) is 0. The average Bonchev–Trinajstić information content (AvgIpc) is 2.57. The van der Waals surface area contributed by atoms with Gasteiger partial charge in [0.15, 0.2) is 5.43 Å². The van der Waals surface area contributed by atoms with Crippen molar-refractivity contribution in [2.75, 3.05) is 6.61 Å². The Balaban J connectivity index is 2.46. The SMILES string of the molecule is CCCCCn1cc(C(=O)OCC)c(=O)cc1-c1ccccc1. The van der Waals surface area contributed by atoms with Crippen LogP contribution in [-0.2, 0) is 11.3 Å². The van der Waals surface area contributed by atoms with Crippen LogP contribution in [0.5, 0.6) is 0 Å². The summed E-state index contributed by atoms with van der Waals surface area (Å²) in [7, 11) is 0. The second-order valence-corrected chi connectivity index (χ2v) is 5.42. The Bertz CT molecular complexity index is 704. The molecule has 4 heteroatoms. The van der Waals surface area contributed by atoms with Gasteiger partial charge in [-0.2, -0.15) is 0 Å². The van der Waals surface area contributed by atoms with Crippen LogP contribution >= 0.6 is 0 Å². The zero-order valence-electron chi connectivity index (χ0n) is 13.7. The standard InChI is InChI=1S/C19H23NO3/c1-3-5-9-12-20-14-16(19(22)23-4-2)18(21)13-17(20)15-10-7-6-8-11-15/h6-8,10-11,13-14H,3-5,9,12H2,1-2H3. The molecule has 0 aliphatic rings. The molecule has 122 valence electrons. The Labute approximate surface area is 136 Å². The number of benzene rings is 1. The molecular weight excluding hydrogens is 290 g/mol. The van der Waals surface area contributed by atoms with Gasteiger partial charge in [-0.3, -0.25) is 4.79 Å². The van der Waals surface area contributed by atoms with Gasteiger partial charge < -0.3 is 9.30 Å². The molecule has 1 aromatic carbocycles. The fraction of sp³-hybridized carbons (Fsp3) is 0.368. The number of aryl methyl sites for hydroxylation is 1. The molecule has 0 fully saturated rings. The second-order valence-electron chi connectivity index (χ2n) is 5.42. The molecule has 1 heterocycles. The van der Waals surface area contributed by atoms with E-state index in [-0.39, 0.29) is 17.6 Å². The van der Waals surface area contributed by atoms with Crippen LogP contribution < -0.4 is 5.43 Å². The molecule has 2 rings (SSSR count). The molecule has 0 atom stereocenters. The number of hydrogen-bond donors (Lipinski definition) is 0. The first-order valence-corrected chi connectivity index (χ1v) is 8.14. The van der Waals surface area contributed by atoms with Crippen molar-refractivity contribution in [2.24, 2.45) is 0 Å². The number of ether oxygens (including phenoxy) is 1. The molecule has 0 radical (unpaired) electrons. The normalized spacial score (nSPS) is 10.5. The van der Waals surface area contributed by atoms with Gasteiger partial charge in [0.25, 0.3) is 0 Å². The van der Waals surface area contributed by atoms with E-state index in [0.717, 1.165) is 37.1 Å². The van der Waals surface area contributed by atoms with E-state index in [1.807, 2.05) is 34.9 Å². The molecule has 0 spiro atoms. The highest BCUT2D eigenvalue weighted by molar-refractivity contribution is 5.89. The van der Waals surface area contributed by atoms with Gasteiger partial charge in [0.2, 0.25) is 0 Å². The van der Waals surface area contributed by atoms with Crippen LogP contribution in [0.15, 0.2) is 47.4 Å². The second kappa shape index (κ2) is 8.32. The van der Waals surface area contributed by atoms with Crippen molar-refractivity contribution in [3.8, 4) is 11.3 Å². The Morgan fingerprint density at radius 1 is 1.13 bits per heavy atom. The van der Waals surface area contributed by atoms with Gasteiger partial charge in [-0.15, -0.1) is 0 Å². The molecule has 0 amide bonds. The Morgan fingerprint density at radius 2 is 1.87 bits per heavy atom. The minimum atomic E-state index is -0.554. The fourth-order valence-electron chi connectivity index (χ4n) is 2.51. The maximum Gasteiger partial charge on any atom is 0.343 e. The third kappa shape index (κ3) is 4.31. The van der Waals surface area contributed by atoms with E-state index in [1.54, 1.807) is 13.1 Å². The monoisotopic (exact) mass is 313 g/mol. The number of esters is 1. The maximum atomic E-state index is 12.3. The summed E-state index contributed by atoms with van der Waals surface area (Å²) < 4.78 is 6.97. The van der Waals surface area contributed by atoms with Gasteiger partial charge in [0.05, 0.1) is 12.3 Å². The molecule has 4 nitrogen and oxygen atoms in total. The van der Waals surface area contributed by atoms with Crippen LogP contribution in [0.3, 0.4) is 0 Å². The lowest BCUT2D eigenvalue weighted by atomic mass is 10.1. The predicted octanol–water partition coefficient (Wildman–Crippen LogP) is 3.88. The minimum Gasteiger partial charge on any atom is -0.462 e. The van der Waals surface area contributed by atoms with Crippen molar-refractivity contribution in [3.63, 3.8) is 0 Å². The van der Waals surface area contributed by atoms with Gasteiger partial charge in [0.1, 0.15) is 5.56 Å². The summed E-state index contributed by atoms with van der Waals surface area (Å²) in [5.74, 6) is -0.554. The largest absolute Gasteiger partial charge is 0.462 e. The number of aromatic nitrogens is 1. The van der Waals surface area contributed by atoms with Crippen molar-refractivity contribution < 1.29 is 9.53 Å². The van der Waals surface area contributed by atoms with E-state index >= 15 is 0 Å². The summed E-state index contributed by atoms with van der Waals surface area (Å²) in [5.41, 5.74) is 1.60. The lowest BCUT2D eigenvalue weighted by Crippen LogP contribution is -2.20. The zero-order chi connectivity index (χ0) is 16.7. The Morgan fingerprint density at radius 3 is 2.52 bits per heavy atom. The van der Waals surface area contributed by atoms with E-state index in [2.05, 4.69) is 6.92 Å². The van der Waals surface area contributed by atoms with Gasteiger partial charge >= 0.3 is 5.97 Å². The lowest BCUT2D eigenvalue weighted by Gasteiger charge is -2.15. The highest BCUT2D eigenvalue weighted by Gasteiger charge is 2.15. The number of unbranched alkanes of at least 4 members (excludes halogenated alkanes) is 2. The highest BCUT2D eigenvalue weighted by Crippen LogP contribution is 2.19. The van der Waals surface area contributed by atoms with Crippen molar-refractivity contribution in [1.29, 1.82) is 0 Å².